The highest BCUT2D eigenvalue weighted by molar-refractivity contribution is 5.93. The maximum atomic E-state index is 2.54. The van der Waals surface area contributed by atoms with Crippen molar-refractivity contribution >= 4 is 10.8 Å². The van der Waals surface area contributed by atoms with Crippen molar-refractivity contribution in [2.75, 3.05) is 0 Å². The first-order valence-electron chi connectivity index (χ1n) is 12.3. The Morgan fingerprint density at radius 2 is 1.21 bits per heavy atom. The van der Waals surface area contributed by atoms with Crippen molar-refractivity contribution in [3.63, 3.8) is 0 Å². The molecule has 0 amide bonds. The Labute approximate surface area is 200 Å². The number of fused-ring (bicyclic) bond motifs is 8. The molecule has 164 valence electrons. The summed E-state index contributed by atoms with van der Waals surface area (Å²) in [5, 5.41) is 2.65. The van der Waals surface area contributed by atoms with E-state index >= 15 is 0 Å². The SMILES string of the molecule is Cc1ccc[n+]2c1-c1ccccc1CC1(Cc3ccccc3-c3c4ccccc4cc[n+]3C1)C2. The van der Waals surface area contributed by atoms with Crippen LogP contribution < -0.4 is 9.13 Å². The van der Waals surface area contributed by atoms with Crippen LogP contribution in [0.3, 0.4) is 0 Å². The summed E-state index contributed by atoms with van der Waals surface area (Å²) in [4.78, 5) is 0. The second kappa shape index (κ2) is 7.36. The minimum Gasteiger partial charge on any atom is -0.197 e. The Morgan fingerprint density at radius 3 is 1.97 bits per heavy atom. The van der Waals surface area contributed by atoms with Gasteiger partial charge in [-0.2, -0.15) is 9.13 Å². The monoisotopic (exact) mass is 440 g/mol. The molecule has 1 spiro atoms. The van der Waals surface area contributed by atoms with Crippen LogP contribution in [0.2, 0.25) is 0 Å². The summed E-state index contributed by atoms with van der Waals surface area (Å²) in [6.07, 6.45) is 6.74. The lowest BCUT2D eigenvalue weighted by molar-refractivity contribution is -0.737. The van der Waals surface area contributed by atoms with Crippen molar-refractivity contribution in [1.29, 1.82) is 0 Å². The van der Waals surface area contributed by atoms with E-state index in [1.165, 1.54) is 50.0 Å². The Hall–Kier alpha value is -3.78. The summed E-state index contributed by atoms with van der Waals surface area (Å²) in [7, 11) is 0. The third-order valence-corrected chi connectivity index (χ3v) is 7.90. The molecule has 0 saturated heterocycles. The van der Waals surface area contributed by atoms with Gasteiger partial charge >= 0.3 is 0 Å². The summed E-state index contributed by atoms with van der Waals surface area (Å²) in [5.41, 5.74) is 9.84. The smallest absolute Gasteiger partial charge is 0.197 e. The van der Waals surface area contributed by atoms with Gasteiger partial charge in [0, 0.05) is 23.3 Å². The van der Waals surface area contributed by atoms with Gasteiger partial charge in [0.1, 0.15) is 0 Å². The van der Waals surface area contributed by atoms with E-state index in [1.807, 2.05) is 0 Å². The maximum Gasteiger partial charge on any atom is 0.220 e. The fourth-order valence-electron chi connectivity index (χ4n) is 6.54. The number of aromatic nitrogens is 2. The highest BCUT2D eigenvalue weighted by Crippen LogP contribution is 2.41. The standard InChI is InChI=1S/C32H28N2/c1-23-9-8-17-33-21-32(19-25-11-3-6-14-28(25)30(23)33)20-26-12-4-7-15-29(26)31-27-13-5-2-10-24(27)16-18-34(31)22-32/h2-18H,19-22H2,1H3/q+2. The summed E-state index contributed by atoms with van der Waals surface area (Å²) in [5.74, 6) is 0. The molecule has 0 bridgehead atoms. The van der Waals surface area contributed by atoms with E-state index in [-0.39, 0.29) is 5.41 Å². The van der Waals surface area contributed by atoms with Gasteiger partial charge in [0.25, 0.3) is 0 Å². The largest absolute Gasteiger partial charge is 0.220 e. The summed E-state index contributed by atoms with van der Waals surface area (Å²) in [6.45, 7) is 4.25. The maximum absolute atomic E-state index is 2.54. The molecule has 1 atom stereocenters. The van der Waals surface area contributed by atoms with E-state index in [1.54, 1.807) is 0 Å². The van der Waals surface area contributed by atoms with Crippen molar-refractivity contribution in [3.8, 4) is 22.5 Å². The zero-order valence-corrected chi connectivity index (χ0v) is 19.5. The molecule has 0 aliphatic carbocycles. The predicted molar refractivity (Wildman–Crippen MR) is 136 cm³/mol. The number of hydrogen-bond donors (Lipinski definition) is 0. The van der Waals surface area contributed by atoms with Crippen LogP contribution in [-0.4, -0.2) is 0 Å². The van der Waals surface area contributed by atoms with Gasteiger partial charge in [0.05, 0.1) is 16.4 Å². The van der Waals surface area contributed by atoms with Crippen molar-refractivity contribution < 1.29 is 9.13 Å². The van der Waals surface area contributed by atoms with Gasteiger partial charge in [-0.15, -0.1) is 0 Å². The highest BCUT2D eigenvalue weighted by Gasteiger charge is 2.46. The van der Waals surface area contributed by atoms with Crippen LogP contribution in [0.1, 0.15) is 16.7 Å². The van der Waals surface area contributed by atoms with E-state index in [0.29, 0.717) is 0 Å². The second-order valence-corrected chi connectivity index (χ2v) is 10.2. The lowest BCUT2D eigenvalue weighted by atomic mass is 9.76. The Bertz CT molecular complexity index is 1580. The molecule has 2 aliphatic rings. The van der Waals surface area contributed by atoms with Gasteiger partial charge in [0.2, 0.25) is 11.4 Å². The fourth-order valence-corrected chi connectivity index (χ4v) is 6.54. The molecule has 2 aromatic heterocycles. The third kappa shape index (κ3) is 2.95. The van der Waals surface area contributed by atoms with Crippen LogP contribution in [0, 0.1) is 12.3 Å². The number of rotatable bonds is 0. The van der Waals surface area contributed by atoms with Crippen molar-refractivity contribution in [2.24, 2.45) is 5.41 Å². The number of aryl methyl sites for hydroxylation is 1. The zero-order valence-electron chi connectivity index (χ0n) is 19.5. The Morgan fingerprint density at radius 1 is 0.588 bits per heavy atom. The molecule has 0 radical (unpaired) electrons. The van der Waals surface area contributed by atoms with Crippen LogP contribution in [0.4, 0.5) is 0 Å². The number of pyridine rings is 2. The molecule has 0 N–H and O–H groups in total. The van der Waals surface area contributed by atoms with E-state index in [9.17, 15) is 0 Å². The minimum atomic E-state index is 0.0777. The second-order valence-electron chi connectivity index (χ2n) is 10.2. The predicted octanol–water partition coefficient (Wildman–Crippen LogP) is 5.86. The van der Waals surface area contributed by atoms with E-state index in [0.717, 1.165) is 25.9 Å². The molecule has 3 aromatic carbocycles. The number of nitrogens with zero attached hydrogens (tertiary/aromatic N) is 2. The average Bonchev–Trinajstić information content (AvgIpc) is 3.08. The van der Waals surface area contributed by atoms with Crippen LogP contribution in [0.15, 0.2) is 103 Å². The molecule has 2 aliphatic heterocycles. The van der Waals surface area contributed by atoms with E-state index in [2.05, 4.69) is 119 Å². The molecule has 0 fully saturated rings. The van der Waals surface area contributed by atoms with Crippen LogP contribution in [-0.2, 0) is 25.9 Å². The van der Waals surface area contributed by atoms with E-state index in [4.69, 9.17) is 0 Å². The fraction of sp³-hybridized carbons (Fsp3) is 0.188. The number of benzene rings is 3. The molecule has 2 nitrogen and oxygen atoms in total. The lowest BCUT2D eigenvalue weighted by Crippen LogP contribution is -2.53. The van der Waals surface area contributed by atoms with Gasteiger partial charge < -0.3 is 0 Å². The van der Waals surface area contributed by atoms with Crippen molar-refractivity contribution in [3.05, 3.63) is 120 Å². The minimum absolute atomic E-state index is 0.0777. The molecule has 5 aromatic rings. The van der Waals surface area contributed by atoms with Gasteiger partial charge in [-0.1, -0.05) is 54.6 Å². The summed E-state index contributed by atoms with van der Waals surface area (Å²) in [6, 6.07) is 33.7. The van der Waals surface area contributed by atoms with Crippen LogP contribution >= 0.6 is 0 Å². The first-order chi connectivity index (χ1) is 16.7. The Balaban J connectivity index is 1.51. The molecular weight excluding hydrogens is 412 g/mol. The topological polar surface area (TPSA) is 7.76 Å². The molecule has 0 saturated carbocycles. The molecule has 1 unspecified atom stereocenters. The van der Waals surface area contributed by atoms with Crippen LogP contribution in [0.25, 0.3) is 33.3 Å². The van der Waals surface area contributed by atoms with Gasteiger partial charge in [0.15, 0.2) is 25.5 Å². The lowest BCUT2D eigenvalue weighted by Gasteiger charge is -2.26. The quantitative estimate of drug-likeness (QED) is 0.267. The molecule has 2 heteroatoms. The van der Waals surface area contributed by atoms with Crippen molar-refractivity contribution in [2.45, 2.75) is 32.9 Å². The van der Waals surface area contributed by atoms with Crippen molar-refractivity contribution in [1.82, 2.24) is 0 Å². The molecule has 4 heterocycles. The average molecular weight is 441 g/mol. The zero-order chi connectivity index (χ0) is 22.7. The van der Waals surface area contributed by atoms with Crippen LogP contribution in [0.5, 0.6) is 0 Å². The molecular formula is C32H28N2+2. The van der Waals surface area contributed by atoms with Gasteiger partial charge in [-0.25, -0.2) is 0 Å². The third-order valence-electron chi connectivity index (χ3n) is 7.90. The normalized spacial score (nSPS) is 18.4. The Kier molecular flexibility index (Phi) is 4.26. The molecule has 34 heavy (non-hydrogen) atoms. The van der Waals surface area contributed by atoms with Gasteiger partial charge in [-0.05, 0) is 60.5 Å². The summed E-state index contributed by atoms with van der Waals surface area (Å²) < 4.78 is 5.06. The van der Waals surface area contributed by atoms with Gasteiger partial charge in [-0.3, -0.25) is 0 Å². The highest BCUT2D eigenvalue weighted by atomic mass is 15.0. The van der Waals surface area contributed by atoms with E-state index < -0.39 is 0 Å². The molecule has 7 rings (SSSR count). The number of hydrogen-bond acceptors (Lipinski definition) is 0. The summed E-state index contributed by atoms with van der Waals surface area (Å²) >= 11 is 0. The first-order valence-corrected chi connectivity index (χ1v) is 12.3. The first kappa shape index (κ1) is 19.7.